The van der Waals surface area contributed by atoms with Crippen molar-refractivity contribution >= 4 is 5.91 Å². The maximum absolute atomic E-state index is 12.6. The predicted molar refractivity (Wildman–Crippen MR) is 94.3 cm³/mol. The second-order valence-corrected chi connectivity index (χ2v) is 6.89. The van der Waals surface area contributed by atoms with Gasteiger partial charge >= 0.3 is 0 Å². The van der Waals surface area contributed by atoms with Gasteiger partial charge in [0.2, 0.25) is 5.91 Å². The lowest BCUT2D eigenvalue weighted by Crippen LogP contribution is -2.44. The van der Waals surface area contributed by atoms with E-state index in [9.17, 15) is 4.79 Å². The van der Waals surface area contributed by atoms with Gasteiger partial charge in [-0.3, -0.25) is 4.79 Å². The molecule has 3 nitrogen and oxygen atoms in total. The molecule has 0 bridgehead atoms. The maximum atomic E-state index is 12.6. The fourth-order valence-electron chi connectivity index (χ4n) is 3.44. The number of nitrogens with one attached hydrogen (secondary N) is 1. The molecule has 1 unspecified atom stereocenters. The van der Waals surface area contributed by atoms with Crippen LogP contribution in [0.15, 0.2) is 37.0 Å². The Morgan fingerprint density at radius 2 is 2.05 bits per heavy atom. The van der Waals surface area contributed by atoms with Crippen molar-refractivity contribution in [2.24, 2.45) is 29.4 Å². The molecule has 0 aromatic carbocycles. The average molecular weight is 304 g/mol. The molecule has 0 aromatic heterocycles. The van der Waals surface area contributed by atoms with E-state index >= 15 is 0 Å². The molecule has 0 aromatic rings. The highest BCUT2D eigenvalue weighted by Crippen LogP contribution is 2.38. The van der Waals surface area contributed by atoms with E-state index in [1.54, 1.807) is 12.2 Å². The zero-order chi connectivity index (χ0) is 16.7. The van der Waals surface area contributed by atoms with Gasteiger partial charge in [0.05, 0.1) is 0 Å². The first kappa shape index (κ1) is 18.7. The van der Waals surface area contributed by atoms with Crippen molar-refractivity contribution in [3.63, 3.8) is 0 Å². The van der Waals surface area contributed by atoms with Gasteiger partial charge in [-0.15, -0.1) is 0 Å². The van der Waals surface area contributed by atoms with Crippen molar-refractivity contribution < 1.29 is 4.79 Å². The quantitative estimate of drug-likeness (QED) is 0.708. The Morgan fingerprint density at radius 1 is 1.36 bits per heavy atom. The maximum Gasteiger partial charge on any atom is 0.223 e. The predicted octanol–water partition coefficient (Wildman–Crippen LogP) is 3.44. The number of hydrogen-bond donors (Lipinski definition) is 2. The van der Waals surface area contributed by atoms with E-state index in [2.05, 4.69) is 39.2 Å². The summed E-state index contributed by atoms with van der Waals surface area (Å²) in [6, 6.07) is -0.238. The van der Waals surface area contributed by atoms with Crippen LogP contribution in [0.2, 0.25) is 0 Å². The van der Waals surface area contributed by atoms with Gasteiger partial charge in [0, 0.05) is 18.5 Å². The third-order valence-electron chi connectivity index (χ3n) is 4.83. The number of allylic oxidation sites excluding steroid dienone is 2. The number of rotatable bonds is 7. The van der Waals surface area contributed by atoms with Crippen molar-refractivity contribution in [1.29, 1.82) is 0 Å². The number of amides is 1. The lowest BCUT2D eigenvalue weighted by Gasteiger charge is -2.36. The van der Waals surface area contributed by atoms with Gasteiger partial charge in [0.1, 0.15) is 0 Å². The molecule has 3 heteroatoms. The zero-order valence-corrected chi connectivity index (χ0v) is 14.3. The highest BCUT2D eigenvalue weighted by atomic mass is 16.1. The Kier molecular flexibility index (Phi) is 7.60. The number of hydrogen-bond acceptors (Lipinski definition) is 2. The smallest absolute Gasteiger partial charge is 0.223 e. The van der Waals surface area contributed by atoms with Crippen LogP contribution in [-0.4, -0.2) is 18.5 Å². The Balaban J connectivity index is 2.64. The summed E-state index contributed by atoms with van der Waals surface area (Å²) in [5.41, 5.74) is 7.01. The van der Waals surface area contributed by atoms with Crippen LogP contribution in [0.4, 0.5) is 0 Å². The summed E-state index contributed by atoms with van der Waals surface area (Å²) >= 11 is 0. The summed E-state index contributed by atoms with van der Waals surface area (Å²) in [7, 11) is 0. The van der Waals surface area contributed by atoms with Crippen LogP contribution in [0.25, 0.3) is 0 Å². The standard InChI is InChI=1S/C19H32N2O/c1-6-8-15(7-2)18(20)12-21-19(22)17-11-14(5)9-10-16(17)13(3)4/h6-8,13-14,16-18H,1-2,9-12,20H2,3-5H3,(H,21,22)/b15-8+/t14-,16+,17-,18?/m1/s1. The van der Waals surface area contributed by atoms with E-state index in [1.165, 1.54) is 6.42 Å². The van der Waals surface area contributed by atoms with Crippen LogP contribution >= 0.6 is 0 Å². The van der Waals surface area contributed by atoms with E-state index in [0.717, 1.165) is 18.4 Å². The highest BCUT2D eigenvalue weighted by molar-refractivity contribution is 5.79. The van der Waals surface area contributed by atoms with Gasteiger partial charge in [-0.1, -0.05) is 58.6 Å². The summed E-state index contributed by atoms with van der Waals surface area (Å²) in [6.45, 7) is 14.5. The summed E-state index contributed by atoms with van der Waals surface area (Å²) in [5, 5.41) is 3.04. The van der Waals surface area contributed by atoms with Crippen LogP contribution in [0.5, 0.6) is 0 Å². The Labute approximate surface area is 135 Å². The first-order valence-corrected chi connectivity index (χ1v) is 8.39. The molecule has 1 amide bonds. The van der Waals surface area contributed by atoms with Crippen LogP contribution in [0, 0.1) is 23.7 Å². The minimum Gasteiger partial charge on any atom is -0.354 e. The van der Waals surface area contributed by atoms with E-state index < -0.39 is 0 Å². The first-order chi connectivity index (χ1) is 10.4. The minimum atomic E-state index is -0.238. The van der Waals surface area contributed by atoms with Gasteiger partial charge in [-0.2, -0.15) is 0 Å². The molecule has 4 atom stereocenters. The molecular formula is C19H32N2O. The molecule has 0 heterocycles. The molecule has 1 rings (SSSR count). The largest absolute Gasteiger partial charge is 0.354 e. The summed E-state index contributed by atoms with van der Waals surface area (Å²) in [5.74, 6) is 1.93. The van der Waals surface area contributed by atoms with Crippen molar-refractivity contribution in [3.05, 3.63) is 37.0 Å². The second-order valence-electron chi connectivity index (χ2n) is 6.89. The molecule has 0 aliphatic heterocycles. The van der Waals surface area contributed by atoms with Gasteiger partial charge in [0.25, 0.3) is 0 Å². The highest BCUT2D eigenvalue weighted by Gasteiger charge is 2.35. The molecule has 1 aliphatic rings. The van der Waals surface area contributed by atoms with Crippen LogP contribution in [0.1, 0.15) is 40.0 Å². The molecule has 1 saturated carbocycles. The van der Waals surface area contributed by atoms with E-state index in [0.29, 0.717) is 24.3 Å². The summed E-state index contributed by atoms with van der Waals surface area (Å²) in [6.07, 6.45) is 8.62. The minimum absolute atomic E-state index is 0.117. The third kappa shape index (κ3) is 5.13. The second kappa shape index (κ2) is 8.94. The molecule has 1 aliphatic carbocycles. The number of nitrogens with two attached hydrogens (primary N) is 1. The summed E-state index contributed by atoms with van der Waals surface area (Å²) in [4.78, 5) is 12.6. The number of carbonyl (C=O) groups excluding carboxylic acids is 1. The van der Waals surface area contributed by atoms with Gasteiger partial charge < -0.3 is 11.1 Å². The Morgan fingerprint density at radius 3 is 2.59 bits per heavy atom. The van der Waals surface area contributed by atoms with Gasteiger partial charge in [-0.25, -0.2) is 0 Å². The van der Waals surface area contributed by atoms with Crippen LogP contribution < -0.4 is 11.1 Å². The van der Waals surface area contributed by atoms with Gasteiger partial charge in [0.15, 0.2) is 0 Å². The lowest BCUT2D eigenvalue weighted by atomic mass is 9.70. The van der Waals surface area contributed by atoms with Crippen molar-refractivity contribution in [2.75, 3.05) is 6.54 Å². The van der Waals surface area contributed by atoms with Crippen molar-refractivity contribution in [1.82, 2.24) is 5.32 Å². The fraction of sp³-hybridized carbons (Fsp3) is 0.632. The molecule has 124 valence electrons. The topological polar surface area (TPSA) is 55.1 Å². The lowest BCUT2D eigenvalue weighted by molar-refractivity contribution is -0.129. The monoisotopic (exact) mass is 304 g/mol. The molecule has 0 spiro atoms. The Bertz CT molecular complexity index is 425. The molecule has 1 fully saturated rings. The van der Waals surface area contributed by atoms with Crippen LogP contribution in [0.3, 0.4) is 0 Å². The summed E-state index contributed by atoms with van der Waals surface area (Å²) < 4.78 is 0. The molecule has 3 N–H and O–H groups in total. The molecule has 0 saturated heterocycles. The SMILES string of the molecule is C=C/C=C(\C=C)C(N)CNC(=O)[C@@H]1C[C@H](C)CC[C@H]1C(C)C. The van der Waals surface area contributed by atoms with Gasteiger partial charge in [-0.05, 0) is 36.2 Å². The first-order valence-electron chi connectivity index (χ1n) is 8.39. The average Bonchev–Trinajstić information content (AvgIpc) is 2.49. The van der Waals surface area contributed by atoms with Crippen molar-refractivity contribution in [3.8, 4) is 0 Å². The van der Waals surface area contributed by atoms with E-state index in [4.69, 9.17) is 5.73 Å². The molecule has 0 radical (unpaired) electrons. The molecule has 22 heavy (non-hydrogen) atoms. The fourth-order valence-corrected chi connectivity index (χ4v) is 3.44. The van der Waals surface area contributed by atoms with Crippen LogP contribution in [-0.2, 0) is 4.79 Å². The van der Waals surface area contributed by atoms with Crippen molar-refractivity contribution in [2.45, 2.75) is 46.1 Å². The number of carbonyl (C=O) groups is 1. The molecular weight excluding hydrogens is 272 g/mol. The van der Waals surface area contributed by atoms with E-state index in [1.807, 2.05) is 6.08 Å². The van der Waals surface area contributed by atoms with E-state index in [-0.39, 0.29) is 17.9 Å². The zero-order valence-electron chi connectivity index (χ0n) is 14.3. The third-order valence-corrected chi connectivity index (χ3v) is 4.83. The normalized spacial score (nSPS) is 27.3. The Hall–Kier alpha value is -1.35.